The van der Waals surface area contributed by atoms with Crippen molar-refractivity contribution in [1.82, 2.24) is 4.90 Å². The molecule has 0 spiro atoms. The Bertz CT molecular complexity index is 459. The Labute approximate surface area is 114 Å². The molecule has 1 aliphatic rings. The lowest BCUT2D eigenvalue weighted by Gasteiger charge is -2.31. The van der Waals surface area contributed by atoms with Crippen LogP contribution in [0.5, 0.6) is 11.5 Å². The standard InChI is InChI=1S/C15H21NO3/c1-11-4-3-5-16(8-11)9-13-6-12(10-17)7-14(19-2)15(13)18/h6-7,10-11,18H,3-5,8-9H2,1-2H3. The van der Waals surface area contributed by atoms with E-state index >= 15 is 0 Å². The Balaban J connectivity index is 2.20. The fourth-order valence-electron chi connectivity index (χ4n) is 2.70. The minimum absolute atomic E-state index is 0.145. The number of aromatic hydroxyl groups is 1. The third-order valence-corrected chi connectivity index (χ3v) is 3.67. The summed E-state index contributed by atoms with van der Waals surface area (Å²) in [5.74, 6) is 1.20. The van der Waals surface area contributed by atoms with E-state index in [0.717, 1.165) is 24.9 Å². The maximum Gasteiger partial charge on any atom is 0.162 e. The van der Waals surface area contributed by atoms with Crippen molar-refractivity contribution in [3.05, 3.63) is 23.3 Å². The molecule has 2 rings (SSSR count). The zero-order valence-electron chi connectivity index (χ0n) is 11.6. The van der Waals surface area contributed by atoms with Gasteiger partial charge >= 0.3 is 0 Å². The molecule has 1 aromatic carbocycles. The number of phenolic OH excluding ortho intramolecular Hbond substituents is 1. The Morgan fingerprint density at radius 2 is 2.32 bits per heavy atom. The van der Waals surface area contributed by atoms with Gasteiger partial charge in [0.25, 0.3) is 0 Å². The number of piperidine rings is 1. The average molecular weight is 263 g/mol. The summed E-state index contributed by atoms with van der Waals surface area (Å²) in [5.41, 5.74) is 1.30. The number of likely N-dealkylation sites (tertiary alicyclic amines) is 1. The van der Waals surface area contributed by atoms with Gasteiger partial charge in [0.1, 0.15) is 6.29 Å². The summed E-state index contributed by atoms with van der Waals surface area (Å²) in [6.45, 7) is 4.98. The number of benzene rings is 1. The van der Waals surface area contributed by atoms with Gasteiger partial charge in [-0.05, 0) is 37.4 Å². The molecule has 0 aliphatic carbocycles. The summed E-state index contributed by atoms with van der Waals surface area (Å²) in [7, 11) is 1.50. The van der Waals surface area contributed by atoms with Crippen LogP contribution < -0.4 is 4.74 Å². The van der Waals surface area contributed by atoms with Crippen molar-refractivity contribution >= 4 is 6.29 Å². The molecule has 1 fully saturated rings. The maximum atomic E-state index is 10.9. The number of ether oxygens (including phenoxy) is 1. The molecule has 104 valence electrons. The molecule has 1 atom stereocenters. The van der Waals surface area contributed by atoms with Crippen molar-refractivity contribution in [2.45, 2.75) is 26.3 Å². The van der Waals surface area contributed by atoms with Crippen molar-refractivity contribution in [2.75, 3.05) is 20.2 Å². The van der Waals surface area contributed by atoms with Gasteiger partial charge < -0.3 is 9.84 Å². The molecule has 19 heavy (non-hydrogen) atoms. The summed E-state index contributed by atoms with van der Waals surface area (Å²) >= 11 is 0. The smallest absolute Gasteiger partial charge is 0.162 e. The number of hydrogen-bond acceptors (Lipinski definition) is 4. The van der Waals surface area contributed by atoms with E-state index in [9.17, 15) is 9.90 Å². The van der Waals surface area contributed by atoms with Crippen LogP contribution in [0.15, 0.2) is 12.1 Å². The van der Waals surface area contributed by atoms with Gasteiger partial charge in [-0.3, -0.25) is 9.69 Å². The van der Waals surface area contributed by atoms with Crippen molar-refractivity contribution in [2.24, 2.45) is 5.92 Å². The predicted molar refractivity (Wildman–Crippen MR) is 73.7 cm³/mol. The highest BCUT2D eigenvalue weighted by Gasteiger charge is 2.19. The predicted octanol–water partition coefficient (Wildman–Crippen LogP) is 2.45. The van der Waals surface area contributed by atoms with E-state index in [1.54, 1.807) is 12.1 Å². The van der Waals surface area contributed by atoms with Gasteiger partial charge in [0, 0.05) is 24.2 Å². The van der Waals surface area contributed by atoms with Gasteiger partial charge in [0.15, 0.2) is 11.5 Å². The summed E-state index contributed by atoms with van der Waals surface area (Å²) in [4.78, 5) is 13.2. The van der Waals surface area contributed by atoms with E-state index in [1.165, 1.54) is 20.0 Å². The van der Waals surface area contributed by atoms with Gasteiger partial charge in [0.2, 0.25) is 0 Å². The van der Waals surface area contributed by atoms with E-state index in [0.29, 0.717) is 23.8 Å². The molecule has 1 N–H and O–H groups in total. The zero-order chi connectivity index (χ0) is 13.8. The Kier molecular flexibility index (Phi) is 4.43. The van der Waals surface area contributed by atoms with Crippen LogP contribution in [0.4, 0.5) is 0 Å². The number of aldehydes is 1. The lowest BCUT2D eigenvalue weighted by atomic mass is 9.99. The fraction of sp³-hybridized carbons (Fsp3) is 0.533. The molecular formula is C15H21NO3. The number of methoxy groups -OCH3 is 1. The van der Waals surface area contributed by atoms with Crippen LogP contribution in [-0.2, 0) is 6.54 Å². The number of hydrogen-bond donors (Lipinski definition) is 1. The van der Waals surface area contributed by atoms with Crippen LogP contribution in [0.2, 0.25) is 0 Å². The molecule has 0 aromatic heterocycles. The second-order valence-electron chi connectivity index (χ2n) is 5.33. The highest BCUT2D eigenvalue weighted by molar-refractivity contribution is 5.77. The second-order valence-corrected chi connectivity index (χ2v) is 5.33. The monoisotopic (exact) mass is 263 g/mol. The van der Waals surface area contributed by atoms with Crippen LogP contribution in [0.1, 0.15) is 35.7 Å². The minimum atomic E-state index is 0.145. The molecule has 0 radical (unpaired) electrons. The summed E-state index contributed by atoms with van der Waals surface area (Å²) in [6.07, 6.45) is 3.23. The van der Waals surface area contributed by atoms with E-state index in [1.807, 2.05) is 0 Å². The van der Waals surface area contributed by atoms with E-state index in [4.69, 9.17) is 4.74 Å². The molecule has 1 saturated heterocycles. The van der Waals surface area contributed by atoms with E-state index < -0.39 is 0 Å². The average Bonchev–Trinajstić information content (AvgIpc) is 2.41. The molecule has 1 aliphatic heterocycles. The number of nitrogens with zero attached hydrogens (tertiary/aromatic N) is 1. The molecule has 4 heteroatoms. The number of carbonyl (C=O) groups excluding carboxylic acids is 1. The van der Waals surface area contributed by atoms with Crippen LogP contribution in [0.3, 0.4) is 0 Å². The second kappa shape index (κ2) is 6.06. The topological polar surface area (TPSA) is 49.8 Å². The van der Waals surface area contributed by atoms with Crippen LogP contribution in [-0.4, -0.2) is 36.5 Å². The molecular weight excluding hydrogens is 242 g/mol. The van der Waals surface area contributed by atoms with Gasteiger partial charge in [-0.25, -0.2) is 0 Å². The first kappa shape index (κ1) is 13.9. The van der Waals surface area contributed by atoms with Gasteiger partial charge in [-0.15, -0.1) is 0 Å². The largest absolute Gasteiger partial charge is 0.504 e. The molecule has 1 heterocycles. The minimum Gasteiger partial charge on any atom is -0.504 e. The number of carbonyl (C=O) groups is 1. The maximum absolute atomic E-state index is 10.9. The molecule has 1 aromatic rings. The summed E-state index contributed by atoms with van der Waals surface area (Å²) in [6, 6.07) is 3.30. The first-order valence-corrected chi connectivity index (χ1v) is 6.71. The highest BCUT2D eigenvalue weighted by Crippen LogP contribution is 2.32. The molecule has 4 nitrogen and oxygen atoms in total. The van der Waals surface area contributed by atoms with Gasteiger partial charge in [-0.1, -0.05) is 6.92 Å². The summed E-state index contributed by atoms with van der Waals surface area (Å²) in [5, 5.41) is 10.1. The highest BCUT2D eigenvalue weighted by atomic mass is 16.5. The van der Waals surface area contributed by atoms with Gasteiger partial charge in [-0.2, -0.15) is 0 Å². The Morgan fingerprint density at radius 3 is 2.95 bits per heavy atom. The normalized spacial score (nSPS) is 20.2. The molecule has 0 amide bonds. The lowest BCUT2D eigenvalue weighted by molar-refractivity contribution is 0.112. The SMILES string of the molecule is COc1cc(C=O)cc(CN2CCCC(C)C2)c1O. The van der Waals surface area contributed by atoms with Crippen molar-refractivity contribution in [3.8, 4) is 11.5 Å². The first-order chi connectivity index (χ1) is 9.13. The zero-order valence-corrected chi connectivity index (χ0v) is 11.6. The van der Waals surface area contributed by atoms with E-state index in [2.05, 4.69) is 11.8 Å². The quantitative estimate of drug-likeness (QED) is 0.848. The van der Waals surface area contributed by atoms with E-state index in [-0.39, 0.29) is 5.75 Å². The number of rotatable bonds is 4. The molecule has 0 saturated carbocycles. The molecule has 1 unspecified atom stereocenters. The van der Waals surface area contributed by atoms with Gasteiger partial charge in [0.05, 0.1) is 7.11 Å². The van der Waals surface area contributed by atoms with Crippen LogP contribution in [0.25, 0.3) is 0 Å². The summed E-state index contributed by atoms with van der Waals surface area (Å²) < 4.78 is 5.11. The Morgan fingerprint density at radius 1 is 1.53 bits per heavy atom. The van der Waals surface area contributed by atoms with Crippen molar-refractivity contribution < 1.29 is 14.6 Å². The van der Waals surface area contributed by atoms with Crippen LogP contribution >= 0.6 is 0 Å². The van der Waals surface area contributed by atoms with Crippen molar-refractivity contribution in [3.63, 3.8) is 0 Å². The third kappa shape index (κ3) is 3.26. The Hall–Kier alpha value is -1.55. The van der Waals surface area contributed by atoms with Crippen molar-refractivity contribution in [1.29, 1.82) is 0 Å². The first-order valence-electron chi connectivity index (χ1n) is 6.71. The third-order valence-electron chi connectivity index (χ3n) is 3.67. The molecule has 0 bridgehead atoms. The fourth-order valence-corrected chi connectivity index (χ4v) is 2.70. The number of phenols is 1. The van der Waals surface area contributed by atoms with Crippen LogP contribution in [0, 0.1) is 5.92 Å². The lowest BCUT2D eigenvalue weighted by Crippen LogP contribution is -2.33.